The number of H-pyrrole nitrogens is 1. The van der Waals surface area contributed by atoms with Crippen LogP contribution in [0, 0.1) is 0 Å². The fourth-order valence-electron chi connectivity index (χ4n) is 3.54. The van der Waals surface area contributed by atoms with Crippen molar-refractivity contribution in [3.63, 3.8) is 0 Å². The number of nitrogens with one attached hydrogen (secondary N) is 1. The molecule has 5 aromatic rings. The maximum absolute atomic E-state index is 5.41. The topological polar surface area (TPSA) is 55.7 Å². The lowest BCUT2D eigenvalue weighted by atomic mass is 10.2. The Morgan fingerprint density at radius 1 is 0.963 bits per heavy atom. The molecule has 5 rings (SSSR count). The molecule has 0 radical (unpaired) electrons. The average molecular weight is 354 g/mol. The minimum atomic E-state index is 0.760. The summed E-state index contributed by atoms with van der Waals surface area (Å²) in [6.07, 6.45) is 5.47. The van der Waals surface area contributed by atoms with Gasteiger partial charge in [-0.1, -0.05) is 0 Å². The number of hydrogen-bond acceptors (Lipinski definition) is 3. The van der Waals surface area contributed by atoms with E-state index in [0.29, 0.717) is 0 Å². The van der Waals surface area contributed by atoms with Gasteiger partial charge in [0.2, 0.25) is 0 Å². The summed E-state index contributed by atoms with van der Waals surface area (Å²) in [7, 11) is 1.69. The maximum atomic E-state index is 5.41. The highest BCUT2D eigenvalue weighted by molar-refractivity contribution is 5.90. The first-order chi connectivity index (χ1) is 13.3. The second kappa shape index (κ2) is 6.29. The van der Waals surface area contributed by atoms with Gasteiger partial charge in [0.15, 0.2) is 0 Å². The van der Waals surface area contributed by atoms with Gasteiger partial charge in [-0.3, -0.25) is 4.98 Å². The van der Waals surface area contributed by atoms with Gasteiger partial charge in [-0.25, -0.2) is 4.98 Å². The highest BCUT2D eigenvalue weighted by Crippen LogP contribution is 2.32. The van der Waals surface area contributed by atoms with E-state index in [1.807, 2.05) is 36.7 Å². The van der Waals surface area contributed by atoms with Crippen molar-refractivity contribution in [2.24, 2.45) is 0 Å². The molecule has 4 aromatic heterocycles. The van der Waals surface area contributed by atoms with Crippen LogP contribution in [0.4, 0.5) is 0 Å². The Labute approximate surface area is 156 Å². The molecular weight excluding hydrogens is 336 g/mol. The summed E-state index contributed by atoms with van der Waals surface area (Å²) in [6.45, 7) is 0.760. The van der Waals surface area contributed by atoms with E-state index in [2.05, 4.69) is 49.9 Å². The summed E-state index contributed by atoms with van der Waals surface area (Å²) in [4.78, 5) is 12.0. The first-order valence-corrected chi connectivity index (χ1v) is 8.82. The van der Waals surface area contributed by atoms with Crippen molar-refractivity contribution in [2.45, 2.75) is 6.54 Å². The Morgan fingerprint density at radius 3 is 2.67 bits per heavy atom. The van der Waals surface area contributed by atoms with Gasteiger partial charge in [0.05, 0.1) is 18.5 Å². The number of methoxy groups -OCH3 is 1. The number of ether oxygens (including phenoxy) is 1. The Bertz CT molecular complexity index is 1200. The van der Waals surface area contributed by atoms with Gasteiger partial charge in [-0.2, -0.15) is 0 Å². The lowest BCUT2D eigenvalue weighted by Crippen LogP contribution is -2.02. The fourth-order valence-corrected chi connectivity index (χ4v) is 3.54. The summed E-state index contributed by atoms with van der Waals surface area (Å²) in [5.74, 6) is 0.855. The predicted molar refractivity (Wildman–Crippen MR) is 107 cm³/mol. The van der Waals surface area contributed by atoms with E-state index in [9.17, 15) is 0 Å². The van der Waals surface area contributed by atoms with E-state index < -0.39 is 0 Å². The third-order valence-electron chi connectivity index (χ3n) is 4.87. The van der Waals surface area contributed by atoms with Crippen LogP contribution < -0.4 is 4.74 Å². The number of aromatic amines is 1. The van der Waals surface area contributed by atoms with E-state index in [1.54, 1.807) is 13.3 Å². The monoisotopic (exact) mass is 354 g/mol. The largest absolute Gasteiger partial charge is 0.497 e. The third kappa shape index (κ3) is 2.73. The van der Waals surface area contributed by atoms with Crippen LogP contribution in [0.3, 0.4) is 0 Å². The number of aromatic nitrogens is 4. The first-order valence-electron chi connectivity index (χ1n) is 8.82. The molecule has 0 spiro atoms. The van der Waals surface area contributed by atoms with Crippen LogP contribution in [0.2, 0.25) is 0 Å². The van der Waals surface area contributed by atoms with E-state index in [4.69, 9.17) is 4.74 Å². The molecular formula is C22H18N4O. The van der Waals surface area contributed by atoms with Crippen molar-refractivity contribution in [2.75, 3.05) is 7.11 Å². The summed E-state index contributed by atoms with van der Waals surface area (Å²) < 4.78 is 7.72. The van der Waals surface area contributed by atoms with Gasteiger partial charge in [0.25, 0.3) is 0 Å². The molecule has 0 fully saturated rings. The van der Waals surface area contributed by atoms with Gasteiger partial charge >= 0.3 is 0 Å². The summed E-state index contributed by atoms with van der Waals surface area (Å²) in [6, 6.07) is 18.7. The highest BCUT2D eigenvalue weighted by atomic mass is 16.5. The molecule has 0 aliphatic rings. The van der Waals surface area contributed by atoms with Crippen LogP contribution in [0.5, 0.6) is 5.75 Å². The van der Waals surface area contributed by atoms with Crippen molar-refractivity contribution in [3.05, 3.63) is 78.8 Å². The lowest BCUT2D eigenvalue weighted by molar-refractivity contribution is 0.415. The first kappa shape index (κ1) is 15.6. The molecule has 0 bridgehead atoms. The summed E-state index contributed by atoms with van der Waals surface area (Å²) in [5.41, 5.74) is 5.43. The van der Waals surface area contributed by atoms with Crippen LogP contribution in [0.25, 0.3) is 33.3 Å². The van der Waals surface area contributed by atoms with Crippen molar-refractivity contribution < 1.29 is 4.74 Å². The fraction of sp³-hybridized carbons (Fsp3) is 0.0909. The molecule has 0 amide bonds. The zero-order chi connectivity index (χ0) is 18.2. The Kier molecular flexibility index (Phi) is 3.64. The second-order valence-electron chi connectivity index (χ2n) is 6.52. The summed E-state index contributed by atoms with van der Waals surface area (Å²) in [5, 5.41) is 2.25. The van der Waals surface area contributed by atoms with Crippen LogP contribution in [-0.4, -0.2) is 26.6 Å². The number of fused-ring (bicyclic) bond motifs is 2. The highest BCUT2D eigenvalue weighted by Gasteiger charge is 2.14. The Morgan fingerprint density at radius 2 is 1.85 bits per heavy atom. The van der Waals surface area contributed by atoms with Crippen molar-refractivity contribution >= 4 is 21.9 Å². The predicted octanol–water partition coefficient (Wildman–Crippen LogP) is 4.64. The number of rotatable bonds is 4. The molecule has 5 nitrogen and oxygen atoms in total. The zero-order valence-corrected chi connectivity index (χ0v) is 14.9. The molecule has 5 heteroatoms. The zero-order valence-electron chi connectivity index (χ0n) is 14.9. The van der Waals surface area contributed by atoms with Gasteiger partial charge in [0.1, 0.15) is 11.4 Å². The van der Waals surface area contributed by atoms with Crippen LogP contribution in [0.15, 0.2) is 73.2 Å². The maximum Gasteiger partial charge on any atom is 0.137 e. The summed E-state index contributed by atoms with van der Waals surface area (Å²) >= 11 is 0. The van der Waals surface area contributed by atoms with Gasteiger partial charge in [0, 0.05) is 41.4 Å². The molecule has 1 N–H and O–H groups in total. The van der Waals surface area contributed by atoms with Crippen LogP contribution in [-0.2, 0) is 6.54 Å². The molecule has 0 atom stereocenters. The average Bonchev–Trinajstić information content (AvgIpc) is 3.29. The van der Waals surface area contributed by atoms with E-state index in [0.717, 1.165) is 45.6 Å². The minimum Gasteiger partial charge on any atom is -0.497 e. The van der Waals surface area contributed by atoms with Gasteiger partial charge < -0.3 is 14.3 Å². The van der Waals surface area contributed by atoms with Crippen molar-refractivity contribution in [1.82, 2.24) is 19.5 Å². The molecule has 0 saturated heterocycles. The normalized spacial score (nSPS) is 11.3. The number of pyridine rings is 2. The molecule has 1 aromatic carbocycles. The third-order valence-corrected chi connectivity index (χ3v) is 4.87. The molecule has 27 heavy (non-hydrogen) atoms. The SMILES string of the molecule is COc1ccc2c(c1)cc(-c1cc3cccnc3[nH]1)n2Cc1ccncc1. The molecule has 0 aliphatic heterocycles. The number of hydrogen-bond donors (Lipinski definition) is 1. The number of nitrogens with zero attached hydrogens (tertiary/aromatic N) is 3. The van der Waals surface area contributed by atoms with E-state index in [1.165, 1.54) is 5.56 Å². The Balaban J connectivity index is 1.72. The van der Waals surface area contributed by atoms with Crippen molar-refractivity contribution in [1.29, 1.82) is 0 Å². The minimum absolute atomic E-state index is 0.760. The number of benzene rings is 1. The molecule has 0 saturated carbocycles. The van der Waals surface area contributed by atoms with Crippen molar-refractivity contribution in [3.8, 4) is 17.1 Å². The van der Waals surface area contributed by atoms with Gasteiger partial charge in [-0.15, -0.1) is 0 Å². The van der Waals surface area contributed by atoms with Crippen LogP contribution >= 0.6 is 0 Å². The second-order valence-corrected chi connectivity index (χ2v) is 6.52. The van der Waals surface area contributed by atoms with Gasteiger partial charge in [-0.05, 0) is 60.2 Å². The molecule has 0 aliphatic carbocycles. The standard InChI is InChI=1S/C22H18N4O/c1-27-18-4-5-20-17(11-18)13-21(26(20)14-15-6-9-23-10-7-15)19-12-16-3-2-8-24-22(16)25-19/h2-13H,14H2,1H3,(H,24,25). The van der Waals surface area contributed by atoms with E-state index >= 15 is 0 Å². The molecule has 132 valence electrons. The smallest absolute Gasteiger partial charge is 0.137 e. The molecule has 4 heterocycles. The molecule has 0 unspecified atom stereocenters. The Hall–Kier alpha value is -3.60. The van der Waals surface area contributed by atoms with Crippen LogP contribution in [0.1, 0.15) is 5.56 Å². The lowest BCUT2D eigenvalue weighted by Gasteiger charge is -2.10. The van der Waals surface area contributed by atoms with E-state index in [-0.39, 0.29) is 0 Å². The quantitative estimate of drug-likeness (QED) is 0.512.